The minimum absolute atomic E-state index is 0.00930. The Morgan fingerprint density at radius 2 is 2.13 bits per heavy atom. The fraction of sp³-hybridized carbons (Fsp3) is 0.643. The van der Waals surface area contributed by atoms with Gasteiger partial charge in [0.2, 0.25) is 5.95 Å². The second-order valence-corrected chi connectivity index (χ2v) is 5.30. The van der Waals surface area contributed by atoms with Crippen LogP contribution < -0.4 is 10.6 Å². The lowest BCUT2D eigenvalue weighted by atomic mass is 9.95. The van der Waals surface area contributed by atoms with Gasteiger partial charge in [-0.3, -0.25) is 0 Å². The minimum Gasteiger partial charge on any atom is -0.477 e. The van der Waals surface area contributed by atoms with Gasteiger partial charge in [0, 0.05) is 18.8 Å². The molecule has 1 aromatic heterocycles. The summed E-state index contributed by atoms with van der Waals surface area (Å²) in [5, 5.41) is 15.1. The van der Waals surface area contributed by atoms with Gasteiger partial charge in [0.05, 0.1) is 6.61 Å². The van der Waals surface area contributed by atoms with E-state index in [9.17, 15) is 18.7 Å². The van der Waals surface area contributed by atoms with E-state index < -0.39 is 12.6 Å². The number of rotatable bonds is 8. The smallest absolute Gasteiger partial charge is 0.345 e. The van der Waals surface area contributed by atoms with Gasteiger partial charge < -0.3 is 20.5 Å². The maximum absolute atomic E-state index is 11.9. The largest absolute Gasteiger partial charge is 0.477 e. The number of alkyl halides is 2. The summed E-state index contributed by atoms with van der Waals surface area (Å²) in [5.74, 6) is -0.696. The van der Waals surface area contributed by atoms with Gasteiger partial charge in [0.25, 0.3) is 0 Å². The number of nitrogens with one attached hydrogen (secondary N) is 2. The first kappa shape index (κ1) is 17.3. The van der Waals surface area contributed by atoms with E-state index >= 15 is 0 Å². The number of hydrogen-bond acceptors (Lipinski definition) is 6. The quantitative estimate of drug-likeness (QED) is 0.630. The van der Waals surface area contributed by atoms with Gasteiger partial charge in [0.1, 0.15) is 11.4 Å². The molecule has 3 N–H and O–H groups in total. The van der Waals surface area contributed by atoms with Crippen molar-refractivity contribution in [3.05, 3.63) is 11.8 Å². The van der Waals surface area contributed by atoms with Crippen molar-refractivity contribution in [2.75, 3.05) is 23.8 Å². The summed E-state index contributed by atoms with van der Waals surface area (Å²) in [5.41, 5.74) is -0.00930. The molecule has 2 rings (SSSR count). The van der Waals surface area contributed by atoms with Crippen LogP contribution in [0.3, 0.4) is 0 Å². The molecule has 0 spiro atoms. The molecule has 0 radical (unpaired) electrons. The Hall–Kier alpha value is -2.03. The van der Waals surface area contributed by atoms with Crippen LogP contribution in [0.4, 0.5) is 20.5 Å². The molecule has 1 fully saturated rings. The van der Waals surface area contributed by atoms with E-state index in [1.54, 1.807) is 0 Å². The molecule has 9 heteroatoms. The third-order valence-corrected chi connectivity index (χ3v) is 3.59. The van der Waals surface area contributed by atoms with E-state index in [0.717, 1.165) is 25.7 Å². The van der Waals surface area contributed by atoms with Crippen molar-refractivity contribution in [2.45, 2.75) is 44.8 Å². The monoisotopic (exact) mass is 330 g/mol. The van der Waals surface area contributed by atoms with E-state index in [0.29, 0.717) is 0 Å². The van der Waals surface area contributed by atoms with E-state index in [2.05, 4.69) is 25.3 Å². The number of ether oxygens (including phenoxy) is 1. The summed E-state index contributed by atoms with van der Waals surface area (Å²) < 4.78 is 27.9. The standard InChI is InChI=1S/C14H20F2N4O3/c15-13(16)23-7-6-17-14-18-8-10(12(21)22)11(20-14)19-9-4-2-1-3-5-9/h8-9,13H,1-7H2,(H,21,22)(H2,17,18,19,20). The Morgan fingerprint density at radius 3 is 2.78 bits per heavy atom. The summed E-state index contributed by atoms with van der Waals surface area (Å²) in [6.45, 7) is -2.93. The van der Waals surface area contributed by atoms with E-state index in [1.165, 1.54) is 12.6 Å². The van der Waals surface area contributed by atoms with Gasteiger partial charge in [-0.15, -0.1) is 0 Å². The minimum atomic E-state index is -2.82. The summed E-state index contributed by atoms with van der Waals surface area (Å²) in [7, 11) is 0. The van der Waals surface area contributed by atoms with Crippen LogP contribution in [0, 0.1) is 0 Å². The van der Waals surface area contributed by atoms with Gasteiger partial charge in [-0.25, -0.2) is 9.78 Å². The zero-order chi connectivity index (χ0) is 16.7. The second kappa shape index (κ2) is 8.56. The van der Waals surface area contributed by atoms with E-state index in [4.69, 9.17) is 0 Å². The number of carbonyl (C=O) groups is 1. The Morgan fingerprint density at radius 1 is 1.39 bits per heavy atom. The maximum Gasteiger partial charge on any atom is 0.345 e. The molecule has 0 aliphatic heterocycles. The third-order valence-electron chi connectivity index (χ3n) is 3.59. The molecular formula is C14H20F2N4O3. The lowest BCUT2D eigenvalue weighted by Gasteiger charge is -2.24. The van der Waals surface area contributed by atoms with Gasteiger partial charge in [-0.2, -0.15) is 13.8 Å². The summed E-state index contributed by atoms with van der Waals surface area (Å²) in [4.78, 5) is 19.3. The second-order valence-electron chi connectivity index (χ2n) is 5.30. The molecule has 23 heavy (non-hydrogen) atoms. The van der Waals surface area contributed by atoms with E-state index in [1.807, 2.05) is 0 Å². The highest BCUT2D eigenvalue weighted by Gasteiger charge is 2.19. The van der Waals surface area contributed by atoms with Crippen molar-refractivity contribution in [1.82, 2.24) is 9.97 Å². The average Bonchev–Trinajstić information content (AvgIpc) is 2.52. The maximum atomic E-state index is 11.9. The number of carboxylic acid groups (broad SMARTS) is 1. The zero-order valence-corrected chi connectivity index (χ0v) is 12.6. The van der Waals surface area contributed by atoms with Gasteiger partial charge >= 0.3 is 12.6 Å². The number of carboxylic acids is 1. The Bertz CT molecular complexity index is 525. The first-order chi connectivity index (χ1) is 11.1. The molecular weight excluding hydrogens is 310 g/mol. The molecule has 0 amide bonds. The molecule has 0 saturated heterocycles. The highest BCUT2D eigenvalue weighted by molar-refractivity contribution is 5.93. The molecule has 1 heterocycles. The number of aromatic nitrogens is 2. The predicted octanol–water partition coefficient (Wildman–Crippen LogP) is 2.57. The molecule has 0 atom stereocenters. The van der Waals surface area contributed by atoms with Gasteiger partial charge in [0.15, 0.2) is 0 Å². The predicted molar refractivity (Wildman–Crippen MR) is 79.9 cm³/mol. The number of aromatic carboxylic acids is 1. The van der Waals surface area contributed by atoms with Crippen LogP contribution in [0.1, 0.15) is 42.5 Å². The molecule has 0 unspecified atom stereocenters. The lowest BCUT2D eigenvalue weighted by molar-refractivity contribution is -0.125. The van der Waals surface area contributed by atoms with Crippen molar-refractivity contribution in [2.24, 2.45) is 0 Å². The fourth-order valence-electron chi connectivity index (χ4n) is 2.48. The molecule has 1 aromatic rings. The van der Waals surface area contributed by atoms with Crippen molar-refractivity contribution in [3.8, 4) is 0 Å². The first-order valence-corrected chi connectivity index (χ1v) is 7.56. The van der Waals surface area contributed by atoms with Crippen LogP contribution in [-0.2, 0) is 4.74 Å². The number of hydrogen-bond donors (Lipinski definition) is 3. The summed E-state index contributed by atoms with van der Waals surface area (Å²) >= 11 is 0. The Kier molecular flexibility index (Phi) is 6.45. The highest BCUT2D eigenvalue weighted by Crippen LogP contribution is 2.23. The molecule has 1 saturated carbocycles. The molecule has 128 valence electrons. The zero-order valence-electron chi connectivity index (χ0n) is 12.6. The molecule has 7 nitrogen and oxygen atoms in total. The normalized spacial score (nSPS) is 15.6. The van der Waals surface area contributed by atoms with Crippen LogP contribution in [-0.4, -0.2) is 46.8 Å². The topological polar surface area (TPSA) is 96.4 Å². The summed E-state index contributed by atoms with van der Waals surface area (Å²) in [6, 6.07) is 0.187. The SMILES string of the molecule is O=C(O)c1cnc(NCCOC(F)F)nc1NC1CCCCC1. The van der Waals surface area contributed by atoms with Crippen LogP contribution in [0.5, 0.6) is 0 Å². The van der Waals surface area contributed by atoms with Crippen molar-refractivity contribution < 1.29 is 23.4 Å². The number of halogens is 2. The number of nitrogens with zero attached hydrogens (tertiary/aromatic N) is 2. The molecule has 1 aliphatic rings. The van der Waals surface area contributed by atoms with Crippen molar-refractivity contribution in [1.29, 1.82) is 0 Å². The Balaban J connectivity index is 2.00. The molecule has 1 aliphatic carbocycles. The third kappa shape index (κ3) is 5.59. The van der Waals surface area contributed by atoms with Gasteiger partial charge in [-0.1, -0.05) is 19.3 Å². The number of anilines is 2. The lowest BCUT2D eigenvalue weighted by Crippen LogP contribution is -2.25. The van der Waals surface area contributed by atoms with Gasteiger partial charge in [-0.05, 0) is 12.8 Å². The molecule has 0 bridgehead atoms. The van der Waals surface area contributed by atoms with E-state index in [-0.39, 0.29) is 36.5 Å². The highest BCUT2D eigenvalue weighted by atomic mass is 19.3. The molecule has 0 aromatic carbocycles. The van der Waals surface area contributed by atoms with Crippen LogP contribution in [0.25, 0.3) is 0 Å². The van der Waals surface area contributed by atoms with Crippen LogP contribution in [0.15, 0.2) is 6.20 Å². The first-order valence-electron chi connectivity index (χ1n) is 7.56. The van der Waals surface area contributed by atoms with Crippen molar-refractivity contribution >= 4 is 17.7 Å². The van der Waals surface area contributed by atoms with Crippen LogP contribution >= 0.6 is 0 Å². The summed E-state index contributed by atoms with van der Waals surface area (Å²) in [6.07, 6.45) is 6.52. The average molecular weight is 330 g/mol. The Labute approximate surface area is 132 Å². The van der Waals surface area contributed by atoms with Crippen molar-refractivity contribution in [3.63, 3.8) is 0 Å². The fourth-order valence-corrected chi connectivity index (χ4v) is 2.48. The van der Waals surface area contributed by atoms with Crippen LogP contribution in [0.2, 0.25) is 0 Å².